The number of thiazole rings is 1. The topological polar surface area (TPSA) is 83.1 Å². The van der Waals surface area contributed by atoms with E-state index in [2.05, 4.69) is 4.90 Å². The van der Waals surface area contributed by atoms with Gasteiger partial charge in [-0.05, 0) is 36.4 Å². The van der Waals surface area contributed by atoms with E-state index in [1.165, 1.54) is 4.90 Å². The number of carbonyl (C=O) groups excluding carboxylic acids is 3. The van der Waals surface area contributed by atoms with Crippen molar-refractivity contribution in [3.8, 4) is 5.75 Å². The first-order valence-electron chi connectivity index (χ1n) is 10.5. The van der Waals surface area contributed by atoms with Crippen molar-refractivity contribution in [2.45, 2.75) is 12.8 Å². The maximum Gasteiger partial charge on any atom is 0.254 e. The Kier molecular flexibility index (Phi) is 5.26. The predicted molar refractivity (Wildman–Crippen MR) is 122 cm³/mol. The van der Waals surface area contributed by atoms with Crippen molar-refractivity contribution in [1.82, 2.24) is 9.88 Å². The first-order valence-corrected chi connectivity index (χ1v) is 11.3. The van der Waals surface area contributed by atoms with E-state index >= 15 is 0 Å². The summed E-state index contributed by atoms with van der Waals surface area (Å²) in [5, 5.41) is 0.938. The highest BCUT2D eigenvalue weighted by Gasteiger charge is 2.31. The van der Waals surface area contributed by atoms with Crippen LogP contribution in [0.15, 0.2) is 42.5 Å². The van der Waals surface area contributed by atoms with Crippen molar-refractivity contribution >= 4 is 50.1 Å². The summed E-state index contributed by atoms with van der Waals surface area (Å²) in [7, 11) is 1.65. The van der Waals surface area contributed by atoms with Crippen LogP contribution in [0.5, 0.6) is 5.75 Å². The van der Waals surface area contributed by atoms with E-state index in [-0.39, 0.29) is 30.6 Å². The van der Waals surface area contributed by atoms with Crippen LogP contribution < -0.4 is 14.5 Å². The maximum atomic E-state index is 13.1. The van der Waals surface area contributed by atoms with Gasteiger partial charge in [0, 0.05) is 44.6 Å². The molecule has 164 valence electrons. The highest BCUT2D eigenvalue weighted by Crippen LogP contribution is 2.32. The summed E-state index contributed by atoms with van der Waals surface area (Å²) in [5.41, 5.74) is 1.88. The molecule has 3 amide bonds. The van der Waals surface area contributed by atoms with Gasteiger partial charge in [-0.15, -0.1) is 0 Å². The number of aromatic nitrogens is 1. The van der Waals surface area contributed by atoms with Gasteiger partial charge in [0.15, 0.2) is 5.13 Å². The van der Waals surface area contributed by atoms with E-state index in [1.54, 1.807) is 47.6 Å². The smallest absolute Gasteiger partial charge is 0.254 e. The molecule has 3 heterocycles. The molecule has 9 heteroatoms. The number of hydrogen-bond donors (Lipinski definition) is 0. The third-order valence-corrected chi connectivity index (χ3v) is 6.90. The van der Waals surface area contributed by atoms with E-state index in [1.807, 2.05) is 18.2 Å². The third-order valence-electron chi connectivity index (χ3n) is 5.82. The lowest BCUT2D eigenvalue weighted by atomic mass is 10.1. The predicted octanol–water partition coefficient (Wildman–Crippen LogP) is 2.92. The van der Waals surface area contributed by atoms with Gasteiger partial charge in [-0.3, -0.25) is 19.3 Å². The molecular formula is C23H22N4O4S. The Morgan fingerprint density at radius 1 is 1.00 bits per heavy atom. The van der Waals surface area contributed by atoms with Crippen LogP contribution in [-0.4, -0.2) is 60.9 Å². The van der Waals surface area contributed by atoms with E-state index in [0.29, 0.717) is 37.4 Å². The van der Waals surface area contributed by atoms with Gasteiger partial charge < -0.3 is 14.5 Å². The highest BCUT2D eigenvalue weighted by atomic mass is 32.1. The van der Waals surface area contributed by atoms with Crippen LogP contribution in [0, 0.1) is 0 Å². The largest absolute Gasteiger partial charge is 0.497 e. The number of rotatable bonds is 4. The van der Waals surface area contributed by atoms with Crippen LogP contribution in [0.3, 0.4) is 0 Å². The number of nitrogens with zero attached hydrogens (tertiary/aromatic N) is 4. The fourth-order valence-corrected chi connectivity index (χ4v) is 5.13. The Morgan fingerprint density at radius 2 is 1.75 bits per heavy atom. The van der Waals surface area contributed by atoms with Gasteiger partial charge in [0.1, 0.15) is 5.75 Å². The SMILES string of the molecule is COc1ccc2nc(N3CCN(C(=O)c4cccc(N5C(=O)CCC5=O)c4)CC3)sc2c1. The van der Waals surface area contributed by atoms with Gasteiger partial charge in [0.25, 0.3) is 5.91 Å². The fourth-order valence-electron chi connectivity index (χ4n) is 4.08. The number of carbonyl (C=O) groups is 3. The van der Waals surface area contributed by atoms with Crippen molar-refractivity contribution in [3.05, 3.63) is 48.0 Å². The van der Waals surface area contributed by atoms with Crippen molar-refractivity contribution in [2.24, 2.45) is 0 Å². The number of hydrogen-bond acceptors (Lipinski definition) is 7. The Morgan fingerprint density at radius 3 is 2.47 bits per heavy atom. The number of amides is 3. The standard InChI is InChI=1S/C23H22N4O4S/c1-31-17-5-6-18-19(14-17)32-23(24-18)26-11-9-25(10-12-26)22(30)15-3-2-4-16(13-15)27-20(28)7-8-21(27)29/h2-6,13-14H,7-12H2,1H3. The zero-order valence-corrected chi connectivity index (χ0v) is 18.4. The molecule has 32 heavy (non-hydrogen) atoms. The summed E-state index contributed by atoms with van der Waals surface area (Å²) in [6.45, 7) is 2.52. The third kappa shape index (κ3) is 3.69. The summed E-state index contributed by atoms with van der Waals surface area (Å²) in [6.07, 6.45) is 0.440. The normalized spacial score (nSPS) is 16.8. The molecule has 0 spiro atoms. The minimum atomic E-state index is -0.221. The van der Waals surface area contributed by atoms with Gasteiger partial charge in [-0.2, -0.15) is 0 Å². The van der Waals surface area contributed by atoms with Gasteiger partial charge in [-0.25, -0.2) is 4.98 Å². The van der Waals surface area contributed by atoms with Crippen LogP contribution in [0.25, 0.3) is 10.2 Å². The number of imide groups is 1. The van der Waals surface area contributed by atoms with E-state index in [9.17, 15) is 14.4 Å². The maximum absolute atomic E-state index is 13.1. The lowest BCUT2D eigenvalue weighted by Gasteiger charge is -2.34. The minimum absolute atomic E-state index is 0.0976. The Balaban J connectivity index is 1.27. The molecule has 0 N–H and O–H groups in total. The van der Waals surface area contributed by atoms with Crippen LogP contribution in [0.2, 0.25) is 0 Å². The molecule has 1 aromatic heterocycles. The summed E-state index contributed by atoms with van der Waals surface area (Å²) in [5.74, 6) is 0.269. The van der Waals surface area contributed by atoms with Crippen LogP contribution in [0.4, 0.5) is 10.8 Å². The molecule has 2 saturated heterocycles. The number of ether oxygens (including phenoxy) is 1. The summed E-state index contributed by atoms with van der Waals surface area (Å²) >= 11 is 1.62. The van der Waals surface area contributed by atoms with Crippen LogP contribution in [-0.2, 0) is 9.59 Å². The zero-order valence-electron chi connectivity index (χ0n) is 17.6. The molecule has 3 aromatic rings. The van der Waals surface area contributed by atoms with Crippen molar-refractivity contribution in [3.63, 3.8) is 0 Å². The molecule has 0 bridgehead atoms. The molecule has 0 atom stereocenters. The van der Waals surface area contributed by atoms with E-state index in [4.69, 9.17) is 9.72 Å². The van der Waals surface area contributed by atoms with Gasteiger partial charge in [0.05, 0.1) is 23.0 Å². The molecule has 0 radical (unpaired) electrons. The molecule has 2 aliphatic heterocycles. The lowest BCUT2D eigenvalue weighted by molar-refractivity contribution is -0.121. The number of anilines is 2. The van der Waals surface area contributed by atoms with Crippen molar-refractivity contribution in [1.29, 1.82) is 0 Å². The van der Waals surface area contributed by atoms with Gasteiger partial charge in [0.2, 0.25) is 11.8 Å². The minimum Gasteiger partial charge on any atom is -0.497 e. The Hall–Kier alpha value is -3.46. The zero-order chi connectivity index (χ0) is 22.2. The molecular weight excluding hydrogens is 428 g/mol. The number of methoxy groups -OCH3 is 1. The molecule has 0 saturated carbocycles. The number of benzene rings is 2. The molecule has 2 fully saturated rings. The lowest BCUT2D eigenvalue weighted by Crippen LogP contribution is -2.48. The second-order valence-electron chi connectivity index (χ2n) is 7.78. The Labute approximate surface area is 189 Å². The molecule has 5 rings (SSSR count). The molecule has 8 nitrogen and oxygen atoms in total. The second-order valence-corrected chi connectivity index (χ2v) is 8.79. The molecule has 2 aromatic carbocycles. The molecule has 2 aliphatic rings. The van der Waals surface area contributed by atoms with E-state index < -0.39 is 0 Å². The highest BCUT2D eigenvalue weighted by molar-refractivity contribution is 7.22. The summed E-state index contributed by atoms with van der Waals surface area (Å²) in [4.78, 5) is 47.0. The first kappa shape index (κ1) is 20.4. The van der Waals surface area contributed by atoms with Crippen LogP contribution in [0.1, 0.15) is 23.2 Å². The quantitative estimate of drug-likeness (QED) is 0.569. The monoisotopic (exact) mass is 450 g/mol. The van der Waals surface area contributed by atoms with Crippen molar-refractivity contribution in [2.75, 3.05) is 43.1 Å². The number of piperazine rings is 1. The Bertz CT molecular complexity index is 1200. The van der Waals surface area contributed by atoms with Gasteiger partial charge >= 0.3 is 0 Å². The average molecular weight is 451 g/mol. The summed E-state index contributed by atoms with van der Waals surface area (Å²) in [6, 6.07) is 12.6. The molecule has 0 unspecified atom stereocenters. The number of fused-ring (bicyclic) bond motifs is 1. The van der Waals surface area contributed by atoms with Crippen LogP contribution >= 0.6 is 11.3 Å². The first-order chi connectivity index (χ1) is 15.5. The fraction of sp³-hybridized carbons (Fsp3) is 0.304. The van der Waals surface area contributed by atoms with Crippen molar-refractivity contribution < 1.29 is 19.1 Å². The van der Waals surface area contributed by atoms with E-state index in [0.717, 1.165) is 21.1 Å². The second kappa shape index (κ2) is 8.23. The molecule has 0 aliphatic carbocycles. The average Bonchev–Trinajstić information content (AvgIpc) is 3.40. The summed E-state index contributed by atoms with van der Waals surface area (Å²) < 4.78 is 6.36. The van der Waals surface area contributed by atoms with Gasteiger partial charge in [-0.1, -0.05) is 17.4 Å².